The highest BCUT2D eigenvalue weighted by Crippen LogP contribution is 2.21. The summed E-state index contributed by atoms with van der Waals surface area (Å²) >= 11 is 4.89. The zero-order valence-corrected chi connectivity index (χ0v) is 6.70. The highest BCUT2D eigenvalue weighted by Gasteiger charge is 2.22. The highest BCUT2D eigenvalue weighted by atomic mass is 32.1. The van der Waals surface area contributed by atoms with E-state index in [1.54, 1.807) is 0 Å². The number of rotatable bonds is 1. The zero-order chi connectivity index (χ0) is 6.85. The molecule has 52 valence electrons. The molecule has 0 aromatic heterocycles. The molecule has 1 fully saturated rings. The first-order valence-electron chi connectivity index (χ1n) is 3.39. The fourth-order valence-corrected chi connectivity index (χ4v) is 1.26. The van der Waals surface area contributed by atoms with Gasteiger partial charge in [0.05, 0.1) is 0 Å². The fraction of sp³-hybridized carbons (Fsp3) is 0.857. The van der Waals surface area contributed by atoms with Crippen molar-refractivity contribution in [3.8, 4) is 0 Å². The van der Waals surface area contributed by atoms with Gasteiger partial charge in [0.1, 0.15) is 6.10 Å². The van der Waals surface area contributed by atoms with E-state index in [1.165, 1.54) is 0 Å². The lowest BCUT2D eigenvalue weighted by atomic mass is 10.1. The molecule has 1 rings (SSSR count). The van der Waals surface area contributed by atoms with Gasteiger partial charge in [-0.2, -0.15) is 0 Å². The van der Waals surface area contributed by atoms with Gasteiger partial charge in [0, 0.05) is 6.42 Å². The van der Waals surface area contributed by atoms with E-state index in [9.17, 15) is 0 Å². The molecule has 0 aromatic rings. The van der Waals surface area contributed by atoms with Crippen LogP contribution in [0.4, 0.5) is 0 Å². The minimum Gasteiger partial charge on any atom is -0.484 e. The summed E-state index contributed by atoms with van der Waals surface area (Å²) in [5.74, 6) is 0.616. The van der Waals surface area contributed by atoms with E-state index >= 15 is 0 Å². The minimum atomic E-state index is 0.400. The van der Waals surface area contributed by atoms with Crippen LogP contribution in [-0.2, 0) is 4.74 Å². The Morgan fingerprint density at radius 2 is 2.33 bits per heavy atom. The van der Waals surface area contributed by atoms with Gasteiger partial charge >= 0.3 is 0 Å². The molecule has 1 aliphatic heterocycles. The van der Waals surface area contributed by atoms with E-state index in [0.29, 0.717) is 12.0 Å². The normalized spacial score (nSPS) is 27.0. The monoisotopic (exact) mass is 144 g/mol. The molecule has 1 saturated heterocycles. The Labute approximate surface area is 61.4 Å². The van der Waals surface area contributed by atoms with Gasteiger partial charge in [0.25, 0.3) is 0 Å². The van der Waals surface area contributed by atoms with Crippen molar-refractivity contribution in [1.29, 1.82) is 0 Å². The molecule has 2 heteroatoms. The van der Waals surface area contributed by atoms with Crippen LogP contribution < -0.4 is 0 Å². The van der Waals surface area contributed by atoms with Crippen LogP contribution in [0.1, 0.15) is 26.7 Å². The van der Waals surface area contributed by atoms with Crippen LogP contribution in [0.3, 0.4) is 0 Å². The van der Waals surface area contributed by atoms with Crippen molar-refractivity contribution < 1.29 is 4.74 Å². The third-order valence-corrected chi connectivity index (χ3v) is 1.96. The summed E-state index contributed by atoms with van der Waals surface area (Å²) < 4.78 is 5.35. The molecule has 0 aromatic carbocycles. The average molecular weight is 144 g/mol. The second-order valence-electron chi connectivity index (χ2n) is 2.81. The van der Waals surface area contributed by atoms with Crippen molar-refractivity contribution in [1.82, 2.24) is 0 Å². The van der Waals surface area contributed by atoms with E-state index in [0.717, 1.165) is 17.9 Å². The number of hydrogen-bond acceptors (Lipinski definition) is 2. The van der Waals surface area contributed by atoms with Crippen LogP contribution >= 0.6 is 12.2 Å². The van der Waals surface area contributed by atoms with Gasteiger partial charge in [0.15, 0.2) is 5.05 Å². The summed E-state index contributed by atoms with van der Waals surface area (Å²) in [4.78, 5) is 0. The van der Waals surface area contributed by atoms with Gasteiger partial charge in [-0.05, 0) is 24.6 Å². The van der Waals surface area contributed by atoms with Gasteiger partial charge in [-0.1, -0.05) is 13.8 Å². The standard InChI is InChI=1S/C7H12OS/c1-5(2)6-3-4-7(9)8-6/h5-6H,3-4H2,1-2H3. The smallest absolute Gasteiger partial charge is 0.160 e. The first-order chi connectivity index (χ1) is 4.20. The maximum absolute atomic E-state index is 5.35. The summed E-state index contributed by atoms with van der Waals surface area (Å²) in [5.41, 5.74) is 0. The Kier molecular flexibility index (Phi) is 2.06. The Balaban J connectivity index is 2.39. The van der Waals surface area contributed by atoms with Crippen molar-refractivity contribution in [2.75, 3.05) is 0 Å². The molecule has 1 unspecified atom stereocenters. The third-order valence-electron chi connectivity index (χ3n) is 1.66. The lowest BCUT2D eigenvalue weighted by molar-refractivity contribution is 0.169. The second-order valence-corrected chi connectivity index (χ2v) is 3.27. The van der Waals surface area contributed by atoms with Crippen LogP contribution in [0.2, 0.25) is 0 Å². The summed E-state index contributed by atoms with van der Waals surface area (Å²) in [6.45, 7) is 4.33. The van der Waals surface area contributed by atoms with Gasteiger partial charge in [-0.15, -0.1) is 0 Å². The number of hydrogen-bond donors (Lipinski definition) is 0. The summed E-state index contributed by atoms with van der Waals surface area (Å²) in [7, 11) is 0. The average Bonchev–Trinajstić information content (AvgIpc) is 2.14. The first-order valence-corrected chi connectivity index (χ1v) is 3.80. The molecule has 9 heavy (non-hydrogen) atoms. The maximum Gasteiger partial charge on any atom is 0.160 e. The molecule has 0 amide bonds. The van der Waals surface area contributed by atoms with E-state index in [1.807, 2.05) is 0 Å². The molecule has 0 spiro atoms. The quantitative estimate of drug-likeness (QED) is 0.521. The molecule has 0 bridgehead atoms. The molecule has 1 atom stereocenters. The molecule has 0 radical (unpaired) electrons. The Hall–Kier alpha value is -0.110. The van der Waals surface area contributed by atoms with E-state index in [-0.39, 0.29) is 0 Å². The van der Waals surface area contributed by atoms with E-state index in [4.69, 9.17) is 17.0 Å². The molecular weight excluding hydrogens is 132 g/mol. The van der Waals surface area contributed by atoms with Crippen LogP contribution in [0, 0.1) is 5.92 Å². The highest BCUT2D eigenvalue weighted by molar-refractivity contribution is 7.80. The van der Waals surface area contributed by atoms with Crippen LogP contribution in [-0.4, -0.2) is 11.2 Å². The van der Waals surface area contributed by atoms with Crippen molar-refractivity contribution in [2.45, 2.75) is 32.8 Å². The molecule has 1 aliphatic rings. The molecular formula is C7H12OS. The molecule has 1 heterocycles. The lowest BCUT2D eigenvalue weighted by Gasteiger charge is -2.12. The topological polar surface area (TPSA) is 9.23 Å². The van der Waals surface area contributed by atoms with Crippen LogP contribution in [0.15, 0.2) is 0 Å². The number of thiocarbonyl (C=S) groups is 1. The summed E-state index contributed by atoms with van der Waals surface area (Å²) in [5, 5.41) is 0.800. The predicted octanol–water partition coefficient (Wildman–Crippen LogP) is 2.15. The third kappa shape index (κ3) is 1.65. The Bertz CT molecular complexity index is 120. The molecule has 0 N–H and O–H groups in total. The largest absolute Gasteiger partial charge is 0.484 e. The van der Waals surface area contributed by atoms with E-state index < -0.39 is 0 Å². The fourth-order valence-electron chi connectivity index (χ4n) is 1.02. The van der Waals surface area contributed by atoms with Gasteiger partial charge in [-0.3, -0.25) is 0 Å². The lowest BCUT2D eigenvalue weighted by Crippen LogP contribution is -2.13. The summed E-state index contributed by atoms with van der Waals surface area (Å²) in [6, 6.07) is 0. The molecule has 1 nitrogen and oxygen atoms in total. The van der Waals surface area contributed by atoms with Gasteiger partial charge in [-0.25, -0.2) is 0 Å². The van der Waals surface area contributed by atoms with E-state index in [2.05, 4.69) is 13.8 Å². The van der Waals surface area contributed by atoms with Crippen LogP contribution in [0.5, 0.6) is 0 Å². The zero-order valence-electron chi connectivity index (χ0n) is 5.89. The van der Waals surface area contributed by atoms with Gasteiger partial charge in [0.2, 0.25) is 0 Å². The molecule has 0 aliphatic carbocycles. The number of ether oxygens (including phenoxy) is 1. The maximum atomic E-state index is 5.35. The van der Waals surface area contributed by atoms with Crippen molar-refractivity contribution in [2.24, 2.45) is 5.92 Å². The SMILES string of the molecule is CC(C)C1CCC(=S)O1. The molecule has 0 saturated carbocycles. The predicted molar refractivity (Wildman–Crippen MR) is 41.5 cm³/mol. The van der Waals surface area contributed by atoms with Gasteiger partial charge < -0.3 is 4.74 Å². The Morgan fingerprint density at radius 1 is 1.67 bits per heavy atom. The van der Waals surface area contributed by atoms with Crippen molar-refractivity contribution in [3.05, 3.63) is 0 Å². The van der Waals surface area contributed by atoms with Crippen molar-refractivity contribution in [3.63, 3.8) is 0 Å². The summed E-state index contributed by atoms with van der Waals surface area (Å²) in [6.07, 6.45) is 2.51. The minimum absolute atomic E-state index is 0.400. The first kappa shape index (κ1) is 7.00. The second kappa shape index (κ2) is 2.65. The Morgan fingerprint density at radius 3 is 2.56 bits per heavy atom. The van der Waals surface area contributed by atoms with Crippen molar-refractivity contribution >= 4 is 17.3 Å². The van der Waals surface area contributed by atoms with Crippen LogP contribution in [0.25, 0.3) is 0 Å².